The third kappa shape index (κ3) is 4.15. The number of amidine groups is 1. The van der Waals surface area contributed by atoms with Gasteiger partial charge in [-0.25, -0.2) is 0 Å². The van der Waals surface area contributed by atoms with Gasteiger partial charge >= 0.3 is 0 Å². The molecule has 0 aliphatic carbocycles. The fourth-order valence-corrected chi connectivity index (χ4v) is 1.92. The largest absolute Gasteiger partial charge is 0.382 e. The van der Waals surface area contributed by atoms with Gasteiger partial charge in [-0.15, -0.1) is 0 Å². The Kier molecular flexibility index (Phi) is 5.21. The first-order valence-electron chi connectivity index (χ1n) is 6.76. The van der Waals surface area contributed by atoms with Gasteiger partial charge in [0.05, 0.1) is 5.69 Å². The molecule has 2 aromatic rings. The Morgan fingerprint density at radius 2 is 2.00 bits per heavy atom. The number of para-hydroxylation sites is 1. The predicted molar refractivity (Wildman–Crippen MR) is 86.7 cm³/mol. The lowest BCUT2D eigenvalue weighted by Crippen LogP contribution is -2.22. The van der Waals surface area contributed by atoms with Crippen molar-refractivity contribution in [3.63, 3.8) is 0 Å². The van der Waals surface area contributed by atoms with Crippen LogP contribution in [0.25, 0.3) is 0 Å². The molecule has 0 unspecified atom stereocenters. The monoisotopic (exact) mass is 292 g/mol. The van der Waals surface area contributed by atoms with Crippen LogP contribution in [0.2, 0.25) is 0 Å². The zero-order chi connectivity index (χ0) is 15.8. The first kappa shape index (κ1) is 15.2. The number of pyridine rings is 1. The van der Waals surface area contributed by atoms with Crippen molar-refractivity contribution >= 4 is 17.2 Å². The Labute approximate surface area is 128 Å². The summed E-state index contributed by atoms with van der Waals surface area (Å²) in [6.45, 7) is 0. The lowest BCUT2D eigenvalue weighted by atomic mass is 10.1. The van der Waals surface area contributed by atoms with Gasteiger partial charge in [-0.3, -0.25) is 15.8 Å². The SMILES string of the molecule is N#C/C(=N\Nc1ccccc1CCc1ccccn1)C(=N)N. The maximum absolute atomic E-state index is 8.85. The van der Waals surface area contributed by atoms with Gasteiger partial charge in [0, 0.05) is 11.9 Å². The molecule has 0 saturated carbocycles. The summed E-state index contributed by atoms with van der Waals surface area (Å²) in [6.07, 6.45) is 3.37. The lowest BCUT2D eigenvalue weighted by Gasteiger charge is -2.08. The van der Waals surface area contributed by atoms with Gasteiger partial charge in [0.2, 0.25) is 5.71 Å². The van der Waals surface area contributed by atoms with E-state index in [1.54, 1.807) is 12.3 Å². The molecule has 110 valence electrons. The normalized spacial score (nSPS) is 10.8. The van der Waals surface area contributed by atoms with E-state index < -0.39 is 0 Å². The summed E-state index contributed by atoms with van der Waals surface area (Å²) in [5.41, 5.74) is 10.8. The molecular formula is C16H16N6. The third-order valence-electron chi connectivity index (χ3n) is 3.04. The van der Waals surface area contributed by atoms with Crippen molar-refractivity contribution in [1.82, 2.24) is 4.98 Å². The number of aromatic nitrogens is 1. The number of nitrogens with zero attached hydrogens (tertiary/aromatic N) is 3. The van der Waals surface area contributed by atoms with Crippen molar-refractivity contribution in [3.05, 3.63) is 59.9 Å². The van der Waals surface area contributed by atoms with Crippen molar-refractivity contribution in [2.45, 2.75) is 12.8 Å². The molecule has 0 bridgehead atoms. The van der Waals surface area contributed by atoms with Crippen LogP contribution in [0.3, 0.4) is 0 Å². The molecule has 22 heavy (non-hydrogen) atoms. The Morgan fingerprint density at radius 3 is 2.68 bits per heavy atom. The highest BCUT2D eigenvalue weighted by atomic mass is 15.3. The van der Waals surface area contributed by atoms with E-state index in [0.717, 1.165) is 29.8 Å². The molecule has 0 aliphatic heterocycles. The zero-order valence-electron chi connectivity index (χ0n) is 12.0. The average molecular weight is 292 g/mol. The first-order chi connectivity index (χ1) is 10.7. The highest BCUT2D eigenvalue weighted by Gasteiger charge is 2.04. The number of hydrogen-bond donors (Lipinski definition) is 3. The summed E-state index contributed by atoms with van der Waals surface area (Å²) in [7, 11) is 0. The molecule has 6 heteroatoms. The Bertz CT molecular complexity index is 715. The summed E-state index contributed by atoms with van der Waals surface area (Å²) in [5.74, 6) is -0.360. The quantitative estimate of drug-likeness (QED) is 0.430. The van der Waals surface area contributed by atoms with E-state index >= 15 is 0 Å². The number of hydrazone groups is 1. The van der Waals surface area contributed by atoms with E-state index in [1.165, 1.54) is 0 Å². The van der Waals surface area contributed by atoms with E-state index in [4.69, 9.17) is 16.4 Å². The minimum atomic E-state index is -0.360. The summed E-state index contributed by atoms with van der Waals surface area (Å²) < 4.78 is 0. The number of aryl methyl sites for hydroxylation is 2. The Morgan fingerprint density at radius 1 is 1.23 bits per heavy atom. The lowest BCUT2D eigenvalue weighted by molar-refractivity contribution is 0.913. The van der Waals surface area contributed by atoms with Crippen LogP contribution in [0.4, 0.5) is 5.69 Å². The second-order valence-corrected chi connectivity index (χ2v) is 4.58. The van der Waals surface area contributed by atoms with Gasteiger partial charge in [0.1, 0.15) is 6.07 Å². The van der Waals surface area contributed by atoms with Crippen LogP contribution in [0.15, 0.2) is 53.8 Å². The fourth-order valence-electron chi connectivity index (χ4n) is 1.92. The molecule has 1 aromatic heterocycles. The number of nitriles is 1. The van der Waals surface area contributed by atoms with E-state index in [-0.39, 0.29) is 11.5 Å². The summed E-state index contributed by atoms with van der Waals surface area (Å²) >= 11 is 0. The molecule has 0 amide bonds. The van der Waals surface area contributed by atoms with Gasteiger partial charge in [-0.2, -0.15) is 10.4 Å². The summed E-state index contributed by atoms with van der Waals surface area (Å²) in [5, 5.41) is 20.0. The molecule has 4 N–H and O–H groups in total. The zero-order valence-corrected chi connectivity index (χ0v) is 12.0. The standard InChI is InChI=1S/C16H16N6/c17-11-15(16(18)19)22-21-14-7-2-1-5-12(14)8-9-13-6-3-4-10-20-13/h1-7,10,21H,8-9H2,(H3,18,19)/b22-15+. The van der Waals surface area contributed by atoms with Crippen molar-refractivity contribution in [1.29, 1.82) is 10.7 Å². The minimum absolute atomic E-state index is 0.139. The summed E-state index contributed by atoms with van der Waals surface area (Å²) in [6, 6.07) is 15.3. The van der Waals surface area contributed by atoms with Gasteiger partial charge < -0.3 is 5.73 Å². The number of anilines is 1. The molecule has 6 nitrogen and oxygen atoms in total. The molecule has 0 aliphatic rings. The molecule has 2 rings (SSSR count). The molecule has 0 spiro atoms. The van der Waals surface area contributed by atoms with Crippen molar-refractivity contribution in [2.24, 2.45) is 10.8 Å². The summed E-state index contributed by atoms with van der Waals surface area (Å²) in [4.78, 5) is 4.30. The smallest absolute Gasteiger partial charge is 0.201 e. The molecule has 1 heterocycles. The highest BCUT2D eigenvalue weighted by molar-refractivity contribution is 6.45. The Hall–Kier alpha value is -3.20. The van der Waals surface area contributed by atoms with Crippen LogP contribution in [0.5, 0.6) is 0 Å². The number of benzene rings is 1. The van der Waals surface area contributed by atoms with Gasteiger partial charge in [-0.05, 0) is 36.6 Å². The molecule has 0 saturated heterocycles. The second-order valence-electron chi connectivity index (χ2n) is 4.58. The van der Waals surface area contributed by atoms with Crippen LogP contribution < -0.4 is 11.2 Å². The number of rotatable bonds is 6. The maximum Gasteiger partial charge on any atom is 0.201 e. The minimum Gasteiger partial charge on any atom is -0.382 e. The van der Waals surface area contributed by atoms with Gasteiger partial charge in [0.25, 0.3) is 0 Å². The number of nitrogens with one attached hydrogen (secondary N) is 2. The topological polar surface area (TPSA) is 111 Å². The van der Waals surface area contributed by atoms with Crippen LogP contribution in [0, 0.1) is 16.7 Å². The molecule has 0 fully saturated rings. The second kappa shape index (κ2) is 7.55. The molecule has 0 atom stereocenters. The number of hydrogen-bond acceptors (Lipinski definition) is 5. The van der Waals surface area contributed by atoms with Crippen LogP contribution >= 0.6 is 0 Å². The van der Waals surface area contributed by atoms with Gasteiger partial charge in [0.15, 0.2) is 5.84 Å². The van der Waals surface area contributed by atoms with Crippen molar-refractivity contribution < 1.29 is 0 Å². The van der Waals surface area contributed by atoms with Gasteiger partial charge in [-0.1, -0.05) is 24.3 Å². The maximum atomic E-state index is 8.85. The van der Waals surface area contributed by atoms with E-state index in [2.05, 4.69) is 15.5 Å². The van der Waals surface area contributed by atoms with Crippen molar-refractivity contribution in [3.8, 4) is 6.07 Å². The average Bonchev–Trinajstić information content (AvgIpc) is 2.55. The van der Waals surface area contributed by atoms with Crippen LogP contribution in [-0.2, 0) is 12.8 Å². The molecular weight excluding hydrogens is 276 g/mol. The van der Waals surface area contributed by atoms with E-state index in [0.29, 0.717) is 0 Å². The predicted octanol–water partition coefficient (Wildman–Crippen LogP) is 2.09. The Balaban J connectivity index is 2.10. The van der Waals surface area contributed by atoms with E-state index in [1.807, 2.05) is 42.5 Å². The molecule has 1 aromatic carbocycles. The first-order valence-corrected chi connectivity index (χ1v) is 6.76. The van der Waals surface area contributed by atoms with Crippen LogP contribution in [0.1, 0.15) is 11.3 Å². The third-order valence-corrected chi connectivity index (χ3v) is 3.04. The van der Waals surface area contributed by atoms with E-state index in [9.17, 15) is 0 Å². The highest BCUT2D eigenvalue weighted by Crippen LogP contribution is 2.17. The number of nitrogens with two attached hydrogens (primary N) is 1. The molecule has 0 radical (unpaired) electrons. The van der Waals surface area contributed by atoms with Crippen LogP contribution in [-0.4, -0.2) is 16.5 Å². The van der Waals surface area contributed by atoms with Crippen molar-refractivity contribution in [2.75, 3.05) is 5.43 Å². The fraction of sp³-hybridized carbons (Fsp3) is 0.125.